The maximum atomic E-state index is 12.3. The summed E-state index contributed by atoms with van der Waals surface area (Å²) in [6.45, 7) is 8.48. The molecule has 21 heavy (non-hydrogen) atoms. The van der Waals surface area contributed by atoms with E-state index in [0.29, 0.717) is 12.6 Å². The molecule has 1 saturated heterocycles. The summed E-state index contributed by atoms with van der Waals surface area (Å²) in [6, 6.07) is 2.22. The van der Waals surface area contributed by atoms with E-state index in [2.05, 4.69) is 22.1 Å². The first-order valence-electron chi connectivity index (χ1n) is 7.75. The van der Waals surface area contributed by atoms with Gasteiger partial charge in [-0.1, -0.05) is 13.3 Å². The number of aryl methyl sites for hydroxylation is 2. The Balaban J connectivity index is 2.03. The number of aromatic nitrogens is 1. The standard InChI is InChI=1S/C16H25N3O2/c1-4-19-8-6-5-7-13(19)10-17-15(20)14-11(2)9-12(3)18-16(14)21/h9,13H,4-8,10H2,1-3H3,(H,17,20)(H,18,21). The lowest BCUT2D eigenvalue weighted by atomic mass is 10.0. The second-order valence-corrected chi connectivity index (χ2v) is 5.83. The Labute approximate surface area is 125 Å². The molecule has 1 fully saturated rings. The predicted octanol–water partition coefficient (Wildman–Crippen LogP) is 1.60. The van der Waals surface area contributed by atoms with Gasteiger partial charge in [0.05, 0.1) is 0 Å². The summed E-state index contributed by atoms with van der Waals surface area (Å²) in [6.07, 6.45) is 3.55. The van der Waals surface area contributed by atoms with E-state index in [0.717, 1.165) is 30.8 Å². The maximum absolute atomic E-state index is 12.3. The van der Waals surface area contributed by atoms with Crippen molar-refractivity contribution in [1.29, 1.82) is 0 Å². The summed E-state index contributed by atoms with van der Waals surface area (Å²) in [5.74, 6) is -0.268. The van der Waals surface area contributed by atoms with E-state index in [1.807, 2.05) is 13.0 Å². The summed E-state index contributed by atoms with van der Waals surface area (Å²) in [7, 11) is 0. The number of H-pyrrole nitrogens is 1. The molecule has 1 aliphatic rings. The zero-order chi connectivity index (χ0) is 15.4. The number of likely N-dealkylation sites (N-methyl/N-ethyl adjacent to an activating group) is 1. The number of carbonyl (C=O) groups excluding carboxylic acids is 1. The van der Waals surface area contributed by atoms with Crippen LogP contribution in [0.1, 0.15) is 47.8 Å². The van der Waals surface area contributed by atoms with Crippen molar-refractivity contribution in [2.24, 2.45) is 0 Å². The van der Waals surface area contributed by atoms with Gasteiger partial charge in [-0.25, -0.2) is 0 Å². The van der Waals surface area contributed by atoms with Gasteiger partial charge in [0.15, 0.2) is 0 Å². The molecule has 5 heteroatoms. The van der Waals surface area contributed by atoms with Crippen LogP contribution in [0.4, 0.5) is 0 Å². The number of nitrogens with zero attached hydrogens (tertiary/aromatic N) is 1. The minimum absolute atomic E-state index is 0.236. The summed E-state index contributed by atoms with van der Waals surface area (Å²) in [5, 5.41) is 2.93. The Morgan fingerprint density at radius 2 is 2.19 bits per heavy atom. The molecule has 0 radical (unpaired) electrons. The van der Waals surface area contributed by atoms with Gasteiger partial charge in [-0.05, 0) is 51.4 Å². The molecule has 0 spiro atoms. The number of hydrogen-bond acceptors (Lipinski definition) is 3. The number of aromatic amines is 1. The number of likely N-dealkylation sites (tertiary alicyclic amines) is 1. The third kappa shape index (κ3) is 3.73. The molecule has 1 aromatic rings. The van der Waals surface area contributed by atoms with Crippen molar-refractivity contribution in [3.05, 3.63) is 33.2 Å². The van der Waals surface area contributed by atoms with Crippen LogP contribution in [0.2, 0.25) is 0 Å². The molecule has 2 heterocycles. The van der Waals surface area contributed by atoms with E-state index in [9.17, 15) is 9.59 Å². The molecule has 5 nitrogen and oxygen atoms in total. The minimum Gasteiger partial charge on any atom is -0.350 e. The number of hydrogen-bond donors (Lipinski definition) is 2. The quantitative estimate of drug-likeness (QED) is 0.885. The molecular weight excluding hydrogens is 266 g/mol. The smallest absolute Gasteiger partial charge is 0.261 e. The highest BCUT2D eigenvalue weighted by atomic mass is 16.2. The lowest BCUT2D eigenvalue weighted by molar-refractivity contribution is 0.0915. The Bertz CT molecular complexity index is 565. The number of amides is 1. The van der Waals surface area contributed by atoms with Crippen LogP contribution >= 0.6 is 0 Å². The monoisotopic (exact) mass is 291 g/mol. The summed E-state index contributed by atoms with van der Waals surface area (Å²) >= 11 is 0. The first-order valence-corrected chi connectivity index (χ1v) is 7.75. The summed E-state index contributed by atoms with van der Waals surface area (Å²) in [5.41, 5.74) is 1.43. The molecule has 1 aromatic heterocycles. The average molecular weight is 291 g/mol. The minimum atomic E-state index is -0.305. The van der Waals surface area contributed by atoms with Gasteiger partial charge in [0.2, 0.25) is 0 Å². The highest BCUT2D eigenvalue weighted by molar-refractivity contribution is 5.95. The fourth-order valence-corrected chi connectivity index (χ4v) is 3.14. The Hall–Kier alpha value is -1.62. The molecule has 1 atom stereocenters. The zero-order valence-corrected chi connectivity index (χ0v) is 13.2. The van der Waals surface area contributed by atoms with Crippen molar-refractivity contribution < 1.29 is 4.79 Å². The van der Waals surface area contributed by atoms with E-state index in [1.54, 1.807) is 6.92 Å². The van der Waals surface area contributed by atoms with Gasteiger partial charge in [-0.2, -0.15) is 0 Å². The summed E-state index contributed by atoms with van der Waals surface area (Å²) in [4.78, 5) is 29.3. The third-order valence-corrected chi connectivity index (χ3v) is 4.25. The average Bonchev–Trinajstić information content (AvgIpc) is 2.44. The molecule has 0 saturated carbocycles. The van der Waals surface area contributed by atoms with E-state index in [4.69, 9.17) is 0 Å². The Kier molecular flexibility index (Phi) is 5.17. The first kappa shape index (κ1) is 15.8. The molecule has 0 aromatic carbocycles. The van der Waals surface area contributed by atoms with Crippen LogP contribution < -0.4 is 10.9 Å². The molecule has 2 rings (SSSR count). The highest BCUT2D eigenvalue weighted by Crippen LogP contribution is 2.16. The van der Waals surface area contributed by atoms with Crippen molar-refractivity contribution in [2.75, 3.05) is 19.6 Å². The number of carbonyl (C=O) groups is 1. The van der Waals surface area contributed by atoms with Gasteiger partial charge >= 0.3 is 0 Å². The van der Waals surface area contributed by atoms with Gasteiger partial charge in [-0.3, -0.25) is 14.5 Å². The fourth-order valence-electron chi connectivity index (χ4n) is 3.14. The largest absolute Gasteiger partial charge is 0.350 e. The summed E-state index contributed by atoms with van der Waals surface area (Å²) < 4.78 is 0. The topological polar surface area (TPSA) is 65.2 Å². The molecule has 2 N–H and O–H groups in total. The van der Waals surface area contributed by atoms with Crippen molar-refractivity contribution in [3.8, 4) is 0 Å². The fraction of sp³-hybridized carbons (Fsp3) is 0.625. The van der Waals surface area contributed by atoms with Crippen molar-refractivity contribution in [2.45, 2.75) is 46.1 Å². The van der Waals surface area contributed by atoms with Crippen LogP contribution in [0.3, 0.4) is 0 Å². The third-order valence-electron chi connectivity index (χ3n) is 4.25. The highest BCUT2D eigenvalue weighted by Gasteiger charge is 2.22. The van der Waals surface area contributed by atoms with E-state index >= 15 is 0 Å². The molecule has 116 valence electrons. The molecule has 0 bridgehead atoms. The number of nitrogens with one attached hydrogen (secondary N) is 2. The molecule has 1 unspecified atom stereocenters. The van der Waals surface area contributed by atoms with Gasteiger partial charge in [0, 0.05) is 18.3 Å². The van der Waals surface area contributed by atoms with Gasteiger partial charge in [0.25, 0.3) is 11.5 Å². The Morgan fingerprint density at radius 3 is 2.86 bits per heavy atom. The maximum Gasteiger partial charge on any atom is 0.261 e. The van der Waals surface area contributed by atoms with Crippen molar-refractivity contribution in [3.63, 3.8) is 0 Å². The van der Waals surface area contributed by atoms with E-state index < -0.39 is 0 Å². The Morgan fingerprint density at radius 1 is 1.43 bits per heavy atom. The normalized spacial score (nSPS) is 19.5. The van der Waals surface area contributed by atoms with Gasteiger partial charge in [-0.15, -0.1) is 0 Å². The molecular formula is C16H25N3O2. The van der Waals surface area contributed by atoms with Crippen LogP contribution in [0.25, 0.3) is 0 Å². The number of pyridine rings is 1. The first-order chi connectivity index (χ1) is 10.0. The zero-order valence-electron chi connectivity index (χ0n) is 13.2. The van der Waals surface area contributed by atoms with Crippen LogP contribution in [0, 0.1) is 13.8 Å². The van der Waals surface area contributed by atoms with E-state index in [-0.39, 0.29) is 17.0 Å². The van der Waals surface area contributed by atoms with Crippen LogP contribution in [0.5, 0.6) is 0 Å². The van der Waals surface area contributed by atoms with Crippen LogP contribution in [0.15, 0.2) is 10.9 Å². The lowest BCUT2D eigenvalue weighted by Gasteiger charge is -2.34. The van der Waals surface area contributed by atoms with Crippen LogP contribution in [-0.2, 0) is 0 Å². The lowest BCUT2D eigenvalue weighted by Crippen LogP contribution is -2.47. The molecule has 1 amide bonds. The SMILES string of the molecule is CCN1CCCCC1CNC(=O)c1c(C)cc(C)[nH]c1=O. The van der Waals surface area contributed by atoms with Crippen molar-refractivity contribution in [1.82, 2.24) is 15.2 Å². The van der Waals surface area contributed by atoms with E-state index in [1.165, 1.54) is 12.8 Å². The van der Waals surface area contributed by atoms with Gasteiger partial charge < -0.3 is 10.3 Å². The van der Waals surface area contributed by atoms with Crippen LogP contribution in [-0.4, -0.2) is 41.5 Å². The number of rotatable bonds is 4. The second-order valence-electron chi connectivity index (χ2n) is 5.83. The predicted molar refractivity (Wildman–Crippen MR) is 83.8 cm³/mol. The molecule has 0 aliphatic carbocycles. The van der Waals surface area contributed by atoms with Gasteiger partial charge in [0.1, 0.15) is 5.56 Å². The number of piperidine rings is 1. The molecule has 1 aliphatic heterocycles. The van der Waals surface area contributed by atoms with Crippen molar-refractivity contribution >= 4 is 5.91 Å². The second kappa shape index (κ2) is 6.89.